The van der Waals surface area contributed by atoms with Gasteiger partial charge >= 0.3 is 0 Å². The number of rotatable bonds is 4. The Hall–Kier alpha value is -0.360. The fraction of sp³-hybridized carbons (Fsp3) is 0.700. The first-order chi connectivity index (χ1) is 7.43. The van der Waals surface area contributed by atoms with Gasteiger partial charge in [0.15, 0.2) is 0 Å². The lowest BCUT2D eigenvalue weighted by atomic mass is 10.1. The molecule has 1 atom stereocenters. The van der Waals surface area contributed by atoms with Gasteiger partial charge in [-0.2, -0.15) is 0 Å². The molecule has 0 spiro atoms. The molecule has 0 radical (unpaired) electrons. The molecule has 1 unspecified atom stereocenters. The predicted octanol–water partition coefficient (Wildman–Crippen LogP) is 1.67. The molecule has 1 saturated carbocycles. The minimum absolute atomic E-state index is 0.195. The van der Waals surface area contributed by atoms with E-state index in [1.54, 1.807) is 0 Å². The summed E-state index contributed by atoms with van der Waals surface area (Å²) in [5, 5.41) is 0. The number of alkyl halides is 1. The lowest BCUT2D eigenvalue weighted by molar-refractivity contribution is -0.119. The summed E-state index contributed by atoms with van der Waals surface area (Å²) in [6.07, 6.45) is 7.32. The highest BCUT2D eigenvalue weighted by Gasteiger charge is 2.53. The number of amides is 1. The molecular formula is C10H14BrNO3S. The summed E-state index contributed by atoms with van der Waals surface area (Å²) in [4.78, 5) is 11.5. The summed E-state index contributed by atoms with van der Waals surface area (Å²) in [6, 6.07) is 0. The zero-order valence-electron chi connectivity index (χ0n) is 8.78. The predicted molar refractivity (Wildman–Crippen MR) is 64.4 cm³/mol. The Morgan fingerprint density at radius 2 is 2.19 bits per heavy atom. The minimum atomic E-state index is -3.53. The zero-order valence-corrected chi connectivity index (χ0v) is 11.2. The second kappa shape index (κ2) is 4.14. The van der Waals surface area contributed by atoms with E-state index in [0.717, 1.165) is 12.8 Å². The lowest BCUT2D eigenvalue weighted by Crippen LogP contribution is -2.37. The summed E-state index contributed by atoms with van der Waals surface area (Å²) >= 11 is 3.14. The van der Waals surface area contributed by atoms with Crippen LogP contribution in [0, 0.1) is 5.92 Å². The molecule has 4 nitrogen and oxygen atoms in total. The Kier molecular flexibility index (Phi) is 3.13. The number of allylic oxidation sites excluding steroid dienone is 2. The number of sulfonamides is 1. The summed E-state index contributed by atoms with van der Waals surface area (Å²) in [7, 11) is -3.53. The van der Waals surface area contributed by atoms with E-state index in [2.05, 4.69) is 20.7 Å². The molecule has 0 heterocycles. The van der Waals surface area contributed by atoms with E-state index in [4.69, 9.17) is 0 Å². The third kappa shape index (κ3) is 2.48. The topological polar surface area (TPSA) is 63.2 Å². The molecule has 0 saturated heterocycles. The Balaban J connectivity index is 1.89. The molecule has 0 aliphatic heterocycles. The average Bonchev–Trinajstić information content (AvgIpc) is 2.75. The molecule has 1 N–H and O–H groups in total. The monoisotopic (exact) mass is 307 g/mol. The van der Waals surface area contributed by atoms with Crippen molar-refractivity contribution in [2.45, 2.75) is 35.8 Å². The maximum absolute atomic E-state index is 11.7. The van der Waals surface area contributed by atoms with Crippen LogP contribution in [0.15, 0.2) is 12.2 Å². The van der Waals surface area contributed by atoms with Crippen molar-refractivity contribution in [2.75, 3.05) is 0 Å². The number of carbonyl (C=O) groups excluding carboxylic acids is 1. The van der Waals surface area contributed by atoms with E-state index in [1.165, 1.54) is 0 Å². The molecule has 2 aliphatic rings. The minimum Gasteiger partial charge on any atom is -0.274 e. The number of halogens is 1. The van der Waals surface area contributed by atoms with Crippen LogP contribution in [-0.4, -0.2) is 18.0 Å². The first kappa shape index (κ1) is 12.1. The standard InChI is InChI=1S/C10H14BrNO3S/c11-10(5-6-10)16(14,15)12-9(13)7-8-3-1-2-4-8/h1,3,8H,2,4-7H2,(H,12,13). The molecule has 0 bridgehead atoms. The van der Waals surface area contributed by atoms with Crippen molar-refractivity contribution >= 4 is 31.9 Å². The van der Waals surface area contributed by atoms with Gasteiger partial charge in [0.2, 0.25) is 5.91 Å². The van der Waals surface area contributed by atoms with Gasteiger partial charge in [-0.05, 0) is 31.6 Å². The lowest BCUT2D eigenvalue weighted by Gasteiger charge is -2.12. The van der Waals surface area contributed by atoms with Gasteiger partial charge in [0.1, 0.15) is 3.66 Å². The van der Waals surface area contributed by atoms with E-state index >= 15 is 0 Å². The van der Waals surface area contributed by atoms with Crippen LogP contribution in [0.25, 0.3) is 0 Å². The molecule has 0 aromatic rings. The second-order valence-corrected chi connectivity index (χ2v) is 8.42. The van der Waals surface area contributed by atoms with Gasteiger partial charge in [-0.1, -0.05) is 28.1 Å². The number of hydrogen-bond donors (Lipinski definition) is 1. The van der Waals surface area contributed by atoms with E-state index in [9.17, 15) is 13.2 Å². The molecular weight excluding hydrogens is 294 g/mol. The first-order valence-electron chi connectivity index (χ1n) is 5.34. The first-order valence-corrected chi connectivity index (χ1v) is 7.61. The van der Waals surface area contributed by atoms with Crippen LogP contribution in [0.2, 0.25) is 0 Å². The molecule has 90 valence electrons. The molecule has 2 aliphatic carbocycles. The van der Waals surface area contributed by atoms with Crippen LogP contribution in [-0.2, 0) is 14.8 Å². The third-order valence-electron chi connectivity index (χ3n) is 2.93. The van der Waals surface area contributed by atoms with Gasteiger partial charge in [-0.3, -0.25) is 9.52 Å². The Morgan fingerprint density at radius 1 is 1.50 bits per heavy atom. The van der Waals surface area contributed by atoms with Gasteiger partial charge in [0, 0.05) is 6.42 Å². The maximum Gasteiger partial charge on any atom is 0.250 e. The van der Waals surface area contributed by atoms with Crippen LogP contribution < -0.4 is 4.72 Å². The smallest absolute Gasteiger partial charge is 0.250 e. The maximum atomic E-state index is 11.7. The van der Waals surface area contributed by atoms with Gasteiger partial charge < -0.3 is 0 Å². The van der Waals surface area contributed by atoms with E-state index in [0.29, 0.717) is 12.8 Å². The highest BCUT2D eigenvalue weighted by molar-refractivity contribution is 9.11. The van der Waals surface area contributed by atoms with Crippen molar-refractivity contribution in [2.24, 2.45) is 5.92 Å². The zero-order chi connectivity index (χ0) is 11.8. The van der Waals surface area contributed by atoms with Crippen molar-refractivity contribution in [3.63, 3.8) is 0 Å². The van der Waals surface area contributed by atoms with Crippen molar-refractivity contribution in [1.29, 1.82) is 0 Å². The van der Waals surface area contributed by atoms with Gasteiger partial charge in [-0.15, -0.1) is 0 Å². The number of nitrogens with one attached hydrogen (secondary N) is 1. The highest BCUT2D eigenvalue weighted by Crippen LogP contribution is 2.48. The summed E-state index contributed by atoms with van der Waals surface area (Å²) in [5.74, 6) is -0.206. The van der Waals surface area contributed by atoms with Crippen LogP contribution >= 0.6 is 15.9 Å². The van der Waals surface area contributed by atoms with E-state index in [-0.39, 0.29) is 12.3 Å². The molecule has 2 rings (SSSR count). The Labute approximate surface area is 104 Å². The summed E-state index contributed by atoms with van der Waals surface area (Å²) < 4.78 is 24.7. The largest absolute Gasteiger partial charge is 0.274 e. The molecule has 6 heteroatoms. The Bertz CT molecular complexity index is 425. The fourth-order valence-corrected chi connectivity index (χ4v) is 3.40. The van der Waals surface area contributed by atoms with Crippen molar-refractivity contribution in [3.05, 3.63) is 12.2 Å². The molecule has 0 aromatic heterocycles. The van der Waals surface area contributed by atoms with Crippen molar-refractivity contribution in [3.8, 4) is 0 Å². The van der Waals surface area contributed by atoms with Crippen LogP contribution in [0.3, 0.4) is 0 Å². The van der Waals surface area contributed by atoms with Crippen LogP contribution in [0.4, 0.5) is 0 Å². The molecule has 1 fully saturated rings. The highest BCUT2D eigenvalue weighted by atomic mass is 79.9. The third-order valence-corrected chi connectivity index (χ3v) is 6.87. The van der Waals surface area contributed by atoms with Crippen molar-refractivity contribution < 1.29 is 13.2 Å². The second-order valence-electron chi connectivity index (χ2n) is 4.38. The summed E-state index contributed by atoms with van der Waals surface area (Å²) in [6.45, 7) is 0. The number of hydrogen-bond acceptors (Lipinski definition) is 3. The molecule has 16 heavy (non-hydrogen) atoms. The van der Waals surface area contributed by atoms with Crippen molar-refractivity contribution in [1.82, 2.24) is 4.72 Å². The fourth-order valence-electron chi connectivity index (χ4n) is 1.75. The normalized spacial score (nSPS) is 26.7. The van der Waals surface area contributed by atoms with Crippen LogP contribution in [0.1, 0.15) is 32.1 Å². The van der Waals surface area contributed by atoms with Crippen LogP contribution in [0.5, 0.6) is 0 Å². The average molecular weight is 308 g/mol. The van der Waals surface area contributed by atoms with Gasteiger partial charge in [-0.25, -0.2) is 8.42 Å². The Morgan fingerprint density at radius 3 is 2.69 bits per heavy atom. The quantitative estimate of drug-likeness (QED) is 0.635. The molecule has 1 amide bonds. The van der Waals surface area contributed by atoms with Gasteiger partial charge in [0.05, 0.1) is 0 Å². The van der Waals surface area contributed by atoms with Gasteiger partial charge in [0.25, 0.3) is 10.0 Å². The van der Waals surface area contributed by atoms with E-state index in [1.807, 2.05) is 12.2 Å². The van der Waals surface area contributed by atoms with E-state index < -0.39 is 19.6 Å². The SMILES string of the molecule is O=C(CC1C=CCC1)NS(=O)(=O)C1(Br)CC1. The summed E-state index contributed by atoms with van der Waals surface area (Å²) in [5.41, 5.74) is 0. The number of carbonyl (C=O) groups is 1. The molecule has 0 aromatic carbocycles.